The van der Waals surface area contributed by atoms with Gasteiger partial charge in [-0.15, -0.1) is 6.42 Å². The van der Waals surface area contributed by atoms with Gasteiger partial charge < -0.3 is 4.90 Å². The van der Waals surface area contributed by atoms with Gasteiger partial charge in [0.25, 0.3) is 5.56 Å². The highest BCUT2D eigenvalue weighted by Crippen LogP contribution is 2.09. The van der Waals surface area contributed by atoms with Crippen molar-refractivity contribution in [2.45, 2.75) is 13.1 Å². The van der Waals surface area contributed by atoms with Crippen LogP contribution in [0.4, 0.5) is 5.82 Å². The molecular formula is C17H18N4O2. The third-order valence-corrected chi connectivity index (χ3v) is 3.11. The number of terminal acetylenes is 1. The van der Waals surface area contributed by atoms with E-state index < -0.39 is 11.2 Å². The zero-order valence-corrected chi connectivity index (χ0v) is 13.1. The van der Waals surface area contributed by atoms with Crippen molar-refractivity contribution in [2.24, 2.45) is 4.99 Å². The molecule has 0 aliphatic carbocycles. The van der Waals surface area contributed by atoms with Gasteiger partial charge in [-0.1, -0.05) is 36.3 Å². The molecule has 0 spiro atoms. The van der Waals surface area contributed by atoms with E-state index in [2.05, 4.69) is 10.9 Å². The monoisotopic (exact) mass is 310 g/mol. The molecule has 0 atom stereocenters. The van der Waals surface area contributed by atoms with E-state index in [1.807, 2.05) is 44.4 Å². The van der Waals surface area contributed by atoms with Crippen LogP contribution in [0.5, 0.6) is 0 Å². The molecule has 118 valence electrons. The van der Waals surface area contributed by atoms with Crippen LogP contribution >= 0.6 is 0 Å². The lowest BCUT2D eigenvalue weighted by Gasteiger charge is -2.12. The van der Waals surface area contributed by atoms with Gasteiger partial charge in [-0.05, 0) is 5.56 Å². The Balaban J connectivity index is 2.59. The Labute approximate surface area is 134 Å². The summed E-state index contributed by atoms with van der Waals surface area (Å²) in [4.78, 5) is 30.6. The first kappa shape index (κ1) is 16.3. The fraction of sp³-hybridized carbons (Fsp3) is 0.235. The van der Waals surface area contributed by atoms with Crippen LogP contribution in [-0.2, 0) is 13.1 Å². The Hall–Kier alpha value is -3.07. The minimum atomic E-state index is -0.467. The lowest BCUT2D eigenvalue weighted by atomic mass is 10.2. The number of hydrogen-bond donors (Lipinski definition) is 0. The molecule has 0 aliphatic heterocycles. The maximum absolute atomic E-state index is 12.6. The molecule has 6 nitrogen and oxygen atoms in total. The molecule has 2 aromatic rings. The van der Waals surface area contributed by atoms with Crippen molar-refractivity contribution in [3.63, 3.8) is 0 Å². The van der Waals surface area contributed by atoms with Crippen molar-refractivity contribution in [3.8, 4) is 12.3 Å². The number of aromatic nitrogens is 2. The van der Waals surface area contributed by atoms with Crippen LogP contribution in [0.1, 0.15) is 5.56 Å². The van der Waals surface area contributed by atoms with Crippen molar-refractivity contribution in [2.75, 3.05) is 14.1 Å². The van der Waals surface area contributed by atoms with E-state index in [9.17, 15) is 9.59 Å². The molecule has 0 aliphatic rings. The molecule has 0 fully saturated rings. The van der Waals surface area contributed by atoms with Crippen LogP contribution in [0.3, 0.4) is 0 Å². The van der Waals surface area contributed by atoms with Crippen LogP contribution in [0, 0.1) is 12.3 Å². The van der Waals surface area contributed by atoms with Crippen LogP contribution in [-0.4, -0.2) is 34.5 Å². The summed E-state index contributed by atoms with van der Waals surface area (Å²) in [5, 5.41) is 0. The highest BCUT2D eigenvalue weighted by atomic mass is 16.2. The maximum atomic E-state index is 12.6. The van der Waals surface area contributed by atoms with E-state index in [4.69, 9.17) is 6.42 Å². The van der Waals surface area contributed by atoms with Gasteiger partial charge in [-0.3, -0.25) is 9.36 Å². The molecule has 0 saturated heterocycles. The Morgan fingerprint density at radius 2 is 1.91 bits per heavy atom. The van der Waals surface area contributed by atoms with E-state index in [0.29, 0.717) is 12.4 Å². The van der Waals surface area contributed by atoms with Crippen molar-refractivity contribution < 1.29 is 0 Å². The van der Waals surface area contributed by atoms with E-state index in [1.54, 1.807) is 11.2 Å². The van der Waals surface area contributed by atoms with E-state index in [-0.39, 0.29) is 6.54 Å². The molecule has 1 aromatic heterocycles. The Morgan fingerprint density at radius 1 is 1.22 bits per heavy atom. The Morgan fingerprint density at radius 3 is 2.52 bits per heavy atom. The summed E-state index contributed by atoms with van der Waals surface area (Å²) in [7, 11) is 3.62. The predicted octanol–water partition coefficient (Wildman–Crippen LogP) is 0.913. The lowest BCUT2D eigenvalue weighted by molar-refractivity contribution is 0.621. The molecule has 0 unspecified atom stereocenters. The highest BCUT2D eigenvalue weighted by molar-refractivity contribution is 5.59. The van der Waals surface area contributed by atoms with Crippen LogP contribution < -0.4 is 11.2 Å². The average molecular weight is 310 g/mol. The normalized spacial score (nSPS) is 10.7. The molecule has 0 saturated carbocycles. The van der Waals surface area contributed by atoms with Gasteiger partial charge >= 0.3 is 5.69 Å². The fourth-order valence-corrected chi connectivity index (χ4v) is 2.04. The Bertz CT molecular complexity index is 855. The number of nitrogens with zero attached hydrogens (tertiary/aromatic N) is 4. The highest BCUT2D eigenvalue weighted by Gasteiger charge is 2.10. The summed E-state index contributed by atoms with van der Waals surface area (Å²) in [6.07, 6.45) is 6.79. The summed E-state index contributed by atoms with van der Waals surface area (Å²) in [6.45, 7) is 0.245. The first-order chi connectivity index (χ1) is 11.0. The lowest BCUT2D eigenvalue weighted by Crippen LogP contribution is -2.39. The van der Waals surface area contributed by atoms with Crippen molar-refractivity contribution in [1.82, 2.24) is 14.0 Å². The second-order valence-electron chi connectivity index (χ2n) is 5.19. The molecule has 23 heavy (non-hydrogen) atoms. The molecule has 0 bridgehead atoms. The van der Waals surface area contributed by atoms with Crippen LogP contribution in [0.25, 0.3) is 0 Å². The summed E-state index contributed by atoms with van der Waals surface area (Å²) >= 11 is 0. The van der Waals surface area contributed by atoms with Gasteiger partial charge in [-0.2, -0.15) is 0 Å². The first-order valence-electron chi connectivity index (χ1n) is 7.05. The zero-order valence-electron chi connectivity index (χ0n) is 13.1. The molecule has 0 N–H and O–H groups in total. The molecule has 6 heteroatoms. The van der Waals surface area contributed by atoms with Gasteiger partial charge in [0.05, 0.1) is 19.4 Å². The second kappa shape index (κ2) is 7.27. The van der Waals surface area contributed by atoms with Crippen molar-refractivity contribution in [1.29, 1.82) is 0 Å². The summed E-state index contributed by atoms with van der Waals surface area (Å²) in [6, 6.07) is 10.8. The number of aliphatic imine (C=N–C) groups is 1. The van der Waals surface area contributed by atoms with Crippen LogP contribution in [0.2, 0.25) is 0 Å². The first-order valence-corrected chi connectivity index (χ1v) is 7.05. The minimum absolute atomic E-state index is 0.0653. The summed E-state index contributed by atoms with van der Waals surface area (Å²) < 4.78 is 2.46. The smallest absolute Gasteiger partial charge is 0.333 e. The molecule has 1 aromatic carbocycles. The van der Waals surface area contributed by atoms with Gasteiger partial charge in [0.15, 0.2) is 0 Å². The third kappa shape index (κ3) is 3.98. The maximum Gasteiger partial charge on any atom is 0.333 e. The average Bonchev–Trinajstić information content (AvgIpc) is 2.53. The molecule has 0 amide bonds. The van der Waals surface area contributed by atoms with Crippen molar-refractivity contribution >= 4 is 12.2 Å². The fourth-order valence-electron chi connectivity index (χ4n) is 2.04. The number of benzene rings is 1. The van der Waals surface area contributed by atoms with E-state index >= 15 is 0 Å². The molecule has 0 radical (unpaired) electrons. The predicted molar refractivity (Wildman–Crippen MR) is 91.2 cm³/mol. The number of rotatable bonds is 5. The standard InChI is InChI=1S/C17H18N4O2/c1-4-10-20-16(22)11-15(18-13-19(2)3)21(17(20)23)12-14-8-6-5-7-9-14/h1,5-9,11,13H,10,12H2,2-3H3/b18-13-. The molecular weight excluding hydrogens is 292 g/mol. The number of hydrogen-bond acceptors (Lipinski definition) is 3. The quantitative estimate of drug-likeness (QED) is 0.469. The topological polar surface area (TPSA) is 59.6 Å². The van der Waals surface area contributed by atoms with Gasteiger partial charge in [-0.25, -0.2) is 14.4 Å². The summed E-state index contributed by atoms with van der Waals surface area (Å²) in [5.41, 5.74) is 0.00943. The van der Waals surface area contributed by atoms with Crippen molar-refractivity contribution in [3.05, 3.63) is 62.8 Å². The molecule has 1 heterocycles. The van der Waals surface area contributed by atoms with Gasteiger partial charge in [0, 0.05) is 20.2 Å². The van der Waals surface area contributed by atoms with E-state index in [0.717, 1.165) is 10.1 Å². The van der Waals surface area contributed by atoms with E-state index in [1.165, 1.54) is 10.6 Å². The largest absolute Gasteiger partial charge is 0.369 e. The second-order valence-corrected chi connectivity index (χ2v) is 5.19. The Kier molecular flexibility index (Phi) is 5.15. The third-order valence-electron chi connectivity index (χ3n) is 3.11. The minimum Gasteiger partial charge on any atom is -0.369 e. The SMILES string of the molecule is C#CCn1c(=O)cc(/N=C\N(C)C)n(Cc2ccccc2)c1=O. The van der Waals surface area contributed by atoms with Gasteiger partial charge in [0.2, 0.25) is 0 Å². The molecule has 2 rings (SSSR count). The van der Waals surface area contributed by atoms with Gasteiger partial charge in [0.1, 0.15) is 5.82 Å². The van der Waals surface area contributed by atoms with Crippen LogP contribution in [0.15, 0.2) is 51.0 Å². The summed E-state index contributed by atoms with van der Waals surface area (Å²) in [5.74, 6) is 2.63. The zero-order chi connectivity index (χ0) is 16.8.